The smallest absolute Gasteiger partial charge is 0.171 e. The quantitative estimate of drug-likeness (QED) is 0.565. The molecule has 1 fully saturated rings. The maximum Gasteiger partial charge on any atom is 0.171 e. The zero-order chi connectivity index (χ0) is 23.4. The van der Waals surface area contributed by atoms with Crippen LogP contribution in [0.25, 0.3) is 0 Å². The van der Waals surface area contributed by atoms with Gasteiger partial charge in [0.2, 0.25) is 0 Å². The fourth-order valence-corrected chi connectivity index (χ4v) is 7.00. The molecule has 0 radical (unpaired) electrons. The fraction of sp³-hybridized carbons (Fsp3) is 0.423. The van der Waals surface area contributed by atoms with Crippen molar-refractivity contribution in [1.29, 1.82) is 0 Å². The number of hydrogen-bond acceptors (Lipinski definition) is 6. The second kappa shape index (κ2) is 7.94. The number of allylic oxidation sites excluding steroid dienone is 4. The lowest BCUT2D eigenvalue weighted by Gasteiger charge is -2.48. The van der Waals surface area contributed by atoms with Crippen molar-refractivity contribution >= 4 is 15.9 Å². The third-order valence-electron chi connectivity index (χ3n) is 7.96. The van der Waals surface area contributed by atoms with E-state index in [1.165, 1.54) is 0 Å². The highest BCUT2D eigenvalue weighted by Gasteiger charge is 2.78. The molecule has 174 valence electrons. The number of rotatable bonds is 5. The number of aliphatic hydroxyl groups is 2. The Labute approximate surface area is 202 Å². The minimum atomic E-state index is -1.53. The predicted octanol–water partition coefficient (Wildman–Crippen LogP) is 3.66. The van der Waals surface area contributed by atoms with E-state index >= 15 is 0 Å². The first kappa shape index (κ1) is 22.6. The highest BCUT2D eigenvalue weighted by atomic mass is 79.9. The van der Waals surface area contributed by atoms with Crippen LogP contribution in [0.15, 0.2) is 65.4 Å². The zero-order valence-electron chi connectivity index (χ0n) is 18.7. The molecule has 2 aromatic rings. The van der Waals surface area contributed by atoms with Crippen LogP contribution < -0.4 is 15.2 Å². The zero-order valence-corrected chi connectivity index (χ0v) is 20.3. The first-order valence-electron chi connectivity index (χ1n) is 11.2. The number of pyridine rings is 1. The standard InChI is InChI=1S/C26H29BrN2O4/c1-24(10-4-3-5-11-24)23-18(15-30)19(12-28)25(31)22-20(32-2)13-29-14-21(22)33-26(23,25)16-6-8-17(27)9-7-16/h3-10,13-14,18-19,23,30-31H,11-12,15,28H2,1-2H3/t18-,19-,23-,24?,25+,26-/m0/s1. The average molecular weight is 513 g/mol. The van der Waals surface area contributed by atoms with Gasteiger partial charge in [-0.3, -0.25) is 4.98 Å². The monoisotopic (exact) mass is 512 g/mol. The molecule has 1 unspecified atom stereocenters. The number of aliphatic hydroxyl groups excluding tert-OH is 1. The van der Waals surface area contributed by atoms with Gasteiger partial charge in [0.05, 0.1) is 25.1 Å². The minimum absolute atomic E-state index is 0.119. The number of fused-ring (bicyclic) bond motifs is 3. The number of nitrogens with two attached hydrogens (primary N) is 1. The van der Waals surface area contributed by atoms with Gasteiger partial charge in [0.15, 0.2) is 5.60 Å². The van der Waals surface area contributed by atoms with E-state index in [4.69, 9.17) is 15.2 Å². The van der Waals surface area contributed by atoms with Crippen LogP contribution in [0.1, 0.15) is 24.5 Å². The molecular formula is C26H29BrN2O4. The Morgan fingerprint density at radius 1 is 1.24 bits per heavy atom. The number of ether oxygens (including phenoxy) is 2. The third kappa shape index (κ3) is 2.86. The summed E-state index contributed by atoms with van der Waals surface area (Å²) in [6, 6.07) is 7.86. The Kier molecular flexibility index (Phi) is 5.44. The summed E-state index contributed by atoms with van der Waals surface area (Å²) in [4.78, 5) is 4.29. The SMILES string of the molecule is COc1cncc2c1[C@]1(O)[C@@H](CN)[C@H](CO)[C@@H](C3(C)C=CC=CC3)[C@]1(c1ccc(Br)cc1)O2. The summed E-state index contributed by atoms with van der Waals surface area (Å²) >= 11 is 3.53. The lowest BCUT2D eigenvalue weighted by atomic mass is 9.60. The number of halogens is 1. The van der Waals surface area contributed by atoms with Crippen molar-refractivity contribution in [2.24, 2.45) is 28.9 Å². The second-order valence-corrected chi connectivity index (χ2v) is 10.4. The number of nitrogens with zero attached hydrogens (tertiary/aromatic N) is 1. The van der Waals surface area contributed by atoms with Crippen molar-refractivity contribution in [3.05, 3.63) is 76.6 Å². The van der Waals surface area contributed by atoms with Gasteiger partial charge in [0, 0.05) is 22.9 Å². The lowest BCUT2D eigenvalue weighted by molar-refractivity contribution is -0.149. The number of benzene rings is 1. The molecule has 33 heavy (non-hydrogen) atoms. The highest BCUT2D eigenvalue weighted by molar-refractivity contribution is 9.10. The van der Waals surface area contributed by atoms with Gasteiger partial charge in [-0.25, -0.2) is 0 Å². The molecule has 2 heterocycles. The van der Waals surface area contributed by atoms with Crippen LogP contribution in [-0.2, 0) is 11.2 Å². The van der Waals surface area contributed by atoms with Crippen LogP contribution >= 0.6 is 15.9 Å². The van der Waals surface area contributed by atoms with Gasteiger partial charge in [0.25, 0.3) is 0 Å². The van der Waals surface area contributed by atoms with Crippen molar-refractivity contribution in [3.63, 3.8) is 0 Å². The Morgan fingerprint density at radius 2 is 2.00 bits per heavy atom. The third-order valence-corrected chi connectivity index (χ3v) is 8.49. The summed E-state index contributed by atoms with van der Waals surface area (Å²) in [5, 5.41) is 23.6. The van der Waals surface area contributed by atoms with Crippen LogP contribution in [0.3, 0.4) is 0 Å². The molecule has 0 bridgehead atoms. The highest BCUT2D eigenvalue weighted by Crippen LogP contribution is 2.72. The average Bonchev–Trinajstić information content (AvgIpc) is 3.21. The lowest BCUT2D eigenvalue weighted by Crippen LogP contribution is -2.55. The van der Waals surface area contributed by atoms with E-state index in [0.717, 1.165) is 16.5 Å². The van der Waals surface area contributed by atoms with Crippen LogP contribution in [0.5, 0.6) is 11.5 Å². The maximum absolute atomic E-state index is 12.9. The summed E-state index contributed by atoms with van der Waals surface area (Å²) in [6.07, 6.45) is 12.3. The van der Waals surface area contributed by atoms with Crippen molar-refractivity contribution < 1.29 is 19.7 Å². The molecule has 3 aliphatic rings. The van der Waals surface area contributed by atoms with Crippen LogP contribution in [0.2, 0.25) is 0 Å². The van der Waals surface area contributed by atoms with Gasteiger partial charge < -0.3 is 25.4 Å². The molecule has 4 N–H and O–H groups in total. The first-order valence-corrected chi connectivity index (χ1v) is 12.0. The Bertz CT molecular complexity index is 1120. The summed E-state index contributed by atoms with van der Waals surface area (Å²) < 4.78 is 13.4. The largest absolute Gasteiger partial charge is 0.495 e. The van der Waals surface area contributed by atoms with E-state index in [2.05, 4.69) is 40.0 Å². The normalized spacial score (nSPS) is 36.4. The van der Waals surface area contributed by atoms with Crippen molar-refractivity contribution in [2.75, 3.05) is 20.3 Å². The first-order chi connectivity index (χ1) is 15.9. The minimum Gasteiger partial charge on any atom is -0.495 e. The summed E-state index contributed by atoms with van der Waals surface area (Å²) in [5.41, 5.74) is 4.62. The molecule has 5 rings (SSSR count). The molecular weight excluding hydrogens is 484 g/mol. The molecule has 1 saturated carbocycles. The van der Waals surface area contributed by atoms with Crippen LogP contribution in [0.4, 0.5) is 0 Å². The molecule has 6 atom stereocenters. The predicted molar refractivity (Wildman–Crippen MR) is 129 cm³/mol. The summed E-state index contributed by atoms with van der Waals surface area (Å²) in [7, 11) is 1.56. The molecule has 1 aromatic heterocycles. The molecule has 0 saturated heterocycles. The van der Waals surface area contributed by atoms with Crippen LogP contribution in [-0.4, -0.2) is 35.5 Å². The number of hydrogen-bond donors (Lipinski definition) is 3. The Hall–Kier alpha value is -2.19. The molecule has 0 amide bonds. The summed E-state index contributed by atoms with van der Waals surface area (Å²) in [5.74, 6) is -0.124. The van der Waals surface area contributed by atoms with Gasteiger partial charge >= 0.3 is 0 Å². The van der Waals surface area contributed by atoms with Crippen molar-refractivity contribution in [1.82, 2.24) is 4.98 Å². The van der Waals surface area contributed by atoms with Gasteiger partial charge in [-0.05, 0) is 42.0 Å². The van der Waals surface area contributed by atoms with Gasteiger partial charge in [-0.2, -0.15) is 0 Å². The van der Waals surface area contributed by atoms with Gasteiger partial charge in [0.1, 0.15) is 17.1 Å². The van der Waals surface area contributed by atoms with E-state index in [1.54, 1.807) is 19.5 Å². The van der Waals surface area contributed by atoms with E-state index in [-0.39, 0.29) is 25.0 Å². The number of aromatic nitrogens is 1. The summed E-state index contributed by atoms with van der Waals surface area (Å²) in [6.45, 7) is 2.23. The van der Waals surface area contributed by atoms with E-state index in [0.29, 0.717) is 17.1 Å². The van der Waals surface area contributed by atoms with Gasteiger partial charge in [-0.1, -0.05) is 59.3 Å². The Balaban J connectivity index is 1.87. The van der Waals surface area contributed by atoms with Gasteiger partial charge in [-0.15, -0.1) is 0 Å². The Morgan fingerprint density at radius 3 is 2.61 bits per heavy atom. The van der Waals surface area contributed by atoms with E-state index in [9.17, 15) is 10.2 Å². The van der Waals surface area contributed by atoms with Crippen molar-refractivity contribution in [3.8, 4) is 11.5 Å². The number of methoxy groups -OCH3 is 1. The molecule has 2 aliphatic carbocycles. The maximum atomic E-state index is 12.9. The molecule has 1 aliphatic heterocycles. The molecule has 7 heteroatoms. The van der Waals surface area contributed by atoms with E-state index < -0.39 is 22.5 Å². The molecule has 0 spiro atoms. The molecule has 6 nitrogen and oxygen atoms in total. The van der Waals surface area contributed by atoms with Crippen molar-refractivity contribution in [2.45, 2.75) is 24.5 Å². The van der Waals surface area contributed by atoms with Crippen LogP contribution in [0, 0.1) is 23.2 Å². The molecule has 1 aromatic carbocycles. The topological polar surface area (TPSA) is 97.8 Å². The van der Waals surface area contributed by atoms with E-state index in [1.807, 2.05) is 36.4 Å². The fourth-order valence-electron chi connectivity index (χ4n) is 6.73. The second-order valence-electron chi connectivity index (χ2n) is 9.49.